The van der Waals surface area contributed by atoms with Crippen LogP contribution in [0.3, 0.4) is 0 Å². The fourth-order valence-corrected chi connectivity index (χ4v) is 2.17. The molecule has 2 rings (SSSR count). The molecule has 2 heterocycles. The van der Waals surface area contributed by atoms with E-state index in [0.29, 0.717) is 25.3 Å². The number of hydrogen-bond donors (Lipinski definition) is 2. The van der Waals surface area contributed by atoms with Crippen molar-refractivity contribution in [1.29, 1.82) is 0 Å². The highest BCUT2D eigenvalue weighted by Crippen LogP contribution is 2.25. The van der Waals surface area contributed by atoms with E-state index in [9.17, 15) is 9.59 Å². The Morgan fingerprint density at radius 2 is 2.22 bits per heavy atom. The second kappa shape index (κ2) is 6.72. The van der Waals surface area contributed by atoms with Crippen LogP contribution in [0, 0.1) is 0 Å². The molecule has 1 aromatic heterocycles. The van der Waals surface area contributed by atoms with Gasteiger partial charge in [0.2, 0.25) is 0 Å². The summed E-state index contributed by atoms with van der Waals surface area (Å²) in [5.41, 5.74) is 1.12. The molecule has 1 aromatic rings. The van der Waals surface area contributed by atoms with Crippen LogP contribution in [0.15, 0.2) is 12.7 Å². The van der Waals surface area contributed by atoms with Crippen LogP contribution < -0.4 is 5.32 Å². The molecule has 23 heavy (non-hydrogen) atoms. The minimum atomic E-state index is -0.589. The van der Waals surface area contributed by atoms with Gasteiger partial charge >= 0.3 is 12.2 Å². The molecule has 0 atom stereocenters. The van der Waals surface area contributed by atoms with Crippen molar-refractivity contribution in [2.75, 3.05) is 18.5 Å². The topological polar surface area (TPSA) is 96.5 Å². The number of rotatable bonds is 3. The first-order chi connectivity index (χ1) is 10.8. The highest BCUT2D eigenvalue weighted by Gasteiger charge is 2.28. The van der Waals surface area contributed by atoms with Crippen molar-refractivity contribution in [1.82, 2.24) is 15.1 Å². The Bertz CT molecular complexity index is 603. The monoisotopic (exact) mass is 322 g/mol. The molecule has 0 bridgehead atoms. The second-order valence-corrected chi connectivity index (χ2v) is 6.19. The van der Waals surface area contributed by atoms with Crippen LogP contribution in [0.2, 0.25) is 0 Å². The third kappa shape index (κ3) is 4.48. The minimum absolute atomic E-state index is 0.130. The Hall–Kier alpha value is -2.51. The van der Waals surface area contributed by atoms with Crippen LogP contribution in [0.4, 0.5) is 15.4 Å². The molecule has 0 unspecified atom stereocenters. The van der Waals surface area contributed by atoms with Gasteiger partial charge in [-0.3, -0.25) is 10.4 Å². The maximum atomic E-state index is 12.1. The lowest BCUT2D eigenvalue weighted by Gasteiger charge is -2.29. The number of carbonyl (C=O) groups is 2. The van der Waals surface area contributed by atoms with Crippen molar-refractivity contribution in [3.8, 4) is 0 Å². The lowest BCUT2D eigenvalue weighted by atomic mass is 10.1. The van der Waals surface area contributed by atoms with Gasteiger partial charge in [0.05, 0.1) is 12.2 Å². The van der Waals surface area contributed by atoms with E-state index >= 15 is 0 Å². The highest BCUT2D eigenvalue weighted by molar-refractivity contribution is 5.84. The molecule has 2 N–H and O–H groups in total. The summed E-state index contributed by atoms with van der Waals surface area (Å²) in [6.07, 6.45) is 1.10. The maximum Gasteiger partial charge on any atom is 0.413 e. The molecule has 8 nitrogen and oxygen atoms in total. The fourth-order valence-electron chi connectivity index (χ4n) is 2.17. The first kappa shape index (κ1) is 16.9. The third-order valence-corrected chi connectivity index (χ3v) is 3.14. The number of carbonyl (C=O) groups excluding carboxylic acids is 2. The molecule has 0 saturated carbocycles. The number of nitrogens with zero attached hydrogens (tertiary/aromatic N) is 2. The SMILES string of the molecule is C=CCOC(=O)Nc1n[nH]c2c1CCN(C(=O)OC(C)(C)C)C2. The molecule has 1 aliphatic rings. The van der Waals surface area contributed by atoms with E-state index in [1.165, 1.54) is 6.08 Å². The lowest BCUT2D eigenvalue weighted by molar-refractivity contribution is 0.0221. The van der Waals surface area contributed by atoms with Crippen LogP contribution in [0.1, 0.15) is 32.0 Å². The minimum Gasteiger partial charge on any atom is -0.445 e. The molecule has 0 radical (unpaired) electrons. The summed E-state index contributed by atoms with van der Waals surface area (Å²) >= 11 is 0. The molecule has 0 aromatic carbocycles. The average Bonchev–Trinajstić information content (AvgIpc) is 2.85. The number of fused-ring (bicyclic) bond motifs is 1. The average molecular weight is 322 g/mol. The summed E-state index contributed by atoms with van der Waals surface area (Å²) in [7, 11) is 0. The van der Waals surface area contributed by atoms with Gasteiger partial charge in [0, 0.05) is 12.1 Å². The van der Waals surface area contributed by atoms with Crippen LogP contribution in [-0.4, -0.2) is 46.0 Å². The predicted molar refractivity (Wildman–Crippen MR) is 84.1 cm³/mol. The van der Waals surface area contributed by atoms with Gasteiger partial charge in [-0.15, -0.1) is 0 Å². The molecule has 0 fully saturated rings. The smallest absolute Gasteiger partial charge is 0.413 e. The van der Waals surface area contributed by atoms with Gasteiger partial charge in [0.15, 0.2) is 5.82 Å². The number of aromatic nitrogens is 2. The summed E-state index contributed by atoms with van der Waals surface area (Å²) in [6, 6.07) is 0. The van der Waals surface area contributed by atoms with Crippen LogP contribution >= 0.6 is 0 Å². The number of H-pyrrole nitrogens is 1. The Morgan fingerprint density at radius 1 is 1.48 bits per heavy atom. The zero-order chi connectivity index (χ0) is 17.0. The first-order valence-corrected chi connectivity index (χ1v) is 7.39. The van der Waals surface area contributed by atoms with Gasteiger partial charge in [-0.1, -0.05) is 12.7 Å². The first-order valence-electron chi connectivity index (χ1n) is 7.39. The molecule has 1 aliphatic heterocycles. The number of anilines is 1. The fraction of sp³-hybridized carbons (Fsp3) is 0.533. The van der Waals surface area contributed by atoms with Crippen molar-refractivity contribution in [3.05, 3.63) is 23.9 Å². The number of amides is 2. The van der Waals surface area contributed by atoms with Gasteiger partial charge in [-0.2, -0.15) is 5.10 Å². The zero-order valence-corrected chi connectivity index (χ0v) is 13.6. The largest absolute Gasteiger partial charge is 0.445 e. The number of nitrogens with one attached hydrogen (secondary N) is 2. The Kier molecular flexibility index (Phi) is 4.92. The zero-order valence-electron chi connectivity index (χ0n) is 13.6. The molecule has 0 spiro atoms. The van der Waals surface area contributed by atoms with E-state index in [4.69, 9.17) is 9.47 Å². The van der Waals surface area contributed by atoms with Gasteiger partial charge in [0.1, 0.15) is 12.2 Å². The number of aromatic amines is 1. The van der Waals surface area contributed by atoms with Crippen molar-refractivity contribution >= 4 is 18.0 Å². The highest BCUT2D eigenvalue weighted by atomic mass is 16.6. The van der Waals surface area contributed by atoms with Gasteiger partial charge in [0.25, 0.3) is 0 Å². The van der Waals surface area contributed by atoms with Crippen LogP contribution in [-0.2, 0) is 22.4 Å². The normalized spacial score (nSPS) is 14.0. The second-order valence-electron chi connectivity index (χ2n) is 6.19. The van der Waals surface area contributed by atoms with E-state index in [1.807, 2.05) is 20.8 Å². The number of ether oxygens (including phenoxy) is 2. The predicted octanol–water partition coefficient (Wildman–Crippen LogP) is 2.44. The van der Waals surface area contributed by atoms with E-state index in [-0.39, 0.29) is 12.7 Å². The standard InChI is InChI=1S/C15H22N4O4/c1-5-8-22-13(20)16-12-10-6-7-19(9-11(10)17-18-12)14(21)23-15(2,3)4/h5H,1,6-9H2,2-4H3,(H2,16,17,18,20). The van der Waals surface area contributed by atoms with Crippen LogP contribution in [0.5, 0.6) is 0 Å². The molecular formula is C15H22N4O4. The summed E-state index contributed by atoms with van der Waals surface area (Å²) in [4.78, 5) is 25.3. The Balaban J connectivity index is 1.99. The molecule has 0 saturated heterocycles. The van der Waals surface area contributed by atoms with Crippen molar-refractivity contribution in [2.24, 2.45) is 0 Å². The molecular weight excluding hydrogens is 300 g/mol. The molecule has 0 aliphatic carbocycles. The van der Waals surface area contributed by atoms with E-state index < -0.39 is 11.7 Å². The van der Waals surface area contributed by atoms with Crippen molar-refractivity contribution in [2.45, 2.75) is 39.3 Å². The van der Waals surface area contributed by atoms with Gasteiger partial charge in [-0.05, 0) is 27.2 Å². The van der Waals surface area contributed by atoms with E-state index in [0.717, 1.165) is 11.3 Å². The summed E-state index contributed by atoms with van der Waals surface area (Å²) in [5, 5.41) is 9.50. The Labute approximate surface area is 134 Å². The summed E-state index contributed by atoms with van der Waals surface area (Å²) in [5.74, 6) is 0.429. The Morgan fingerprint density at radius 3 is 2.87 bits per heavy atom. The summed E-state index contributed by atoms with van der Waals surface area (Å²) < 4.78 is 10.2. The van der Waals surface area contributed by atoms with Gasteiger partial charge < -0.3 is 14.4 Å². The quantitative estimate of drug-likeness (QED) is 0.833. The van der Waals surface area contributed by atoms with Crippen molar-refractivity contribution < 1.29 is 19.1 Å². The molecule has 2 amide bonds. The third-order valence-electron chi connectivity index (χ3n) is 3.14. The maximum absolute atomic E-state index is 12.1. The lowest BCUT2D eigenvalue weighted by Crippen LogP contribution is -2.39. The summed E-state index contributed by atoms with van der Waals surface area (Å²) in [6.45, 7) is 9.94. The number of hydrogen-bond acceptors (Lipinski definition) is 5. The van der Waals surface area contributed by atoms with Gasteiger partial charge in [-0.25, -0.2) is 9.59 Å². The van der Waals surface area contributed by atoms with E-state index in [2.05, 4.69) is 22.1 Å². The molecule has 8 heteroatoms. The van der Waals surface area contributed by atoms with Crippen molar-refractivity contribution in [3.63, 3.8) is 0 Å². The van der Waals surface area contributed by atoms with Crippen LogP contribution in [0.25, 0.3) is 0 Å². The molecule has 126 valence electrons. The van der Waals surface area contributed by atoms with E-state index in [1.54, 1.807) is 4.90 Å².